The predicted octanol–water partition coefficient (Wildman–Crippen LogP) is 4.28. The van der Waals surface area contributed by atoms with Gasteiger partial charge in [-0.3, -0.25) is 4.79 Å². The van der Waals surface area contributed by atoms with E-state index in [-0.39, 0.29) is 11.9 Å². The maximum absolute atomic E-state index is 12.7. The minimum atomic E-state index is 0.126. The van der Waals surface area contributed by atoms with Gasteiger partial charge in [-0.15, -0.1) is 21.5 Å². The minimum absolute atomic E-state index is 0.126. The molecule has 1 unspecified atom stereocenters. The van der Waals surface area contributed by atoms with Gasteiger partial charge >= 0.3 is 0 Å². The third-order valence-corrected chi connectivity index (χ3v) is 9.45. The SMILES string of the molecule is CC(NC(=O)CSc1nnc(Cc2cccs2)n1C)C12CC3CC(CC(C3)C1)C2. The Morgan fingerprint density at radius 3 is 2.59 bits per heavy atom. The van der Waals surface area contributed by atoms with E-state index in [0.717, 1.165) is 35.2 Å². The Bertz CT molecular complexity index is 840. The average molecular weight is 431 g/mol. The second-order valence-corrected chi connectivity index (χ2v) is 11.5. The van der Waals surface area contributed by atoms with Crippen molar-refractivity contribution in [3.05, 3.63) is 28.2 Å². The highest BCUT2D eigenvalue weighted by atomic mass is 32.2. The van der Waals surface area contributed by atoms with Crippen molar-refractivity contribution < 1.29 is 4.79 Å². The predicted molar refractivity (Wildman–Crippen MR) is 117 cm³/mol. The first-order chi connectivity index (χ1) is 14.0. The number of carbonyl (C=O) groups excluding carboxylic acids is 1. The fourth-order valence-electron chi connectivity index (χ4n) is 6.47. The maximum atomic E-state index is 12.7. The summed E-state index contributed by atoms with van der Waals surface area (Å²) in [5.41, 5.74) is 0.355. The van der Waals surface area contributed by atoms with Crippen molar-refractivity contribution >= 4 is 29.0 Å². The van der Waals surface area contributed by atoms with Crippen LogP contribution in [0.1, 0.15) is 56.2 Å². The van der Waals surface area contributed by atoms with Gasteiger partial charge in [-0.1, -0.05) is 17.8 Å². The molecule has 156 valence electrons. The highest BCUT2D eigenvalue weighted by Crippen LogP contribution is 2.61. The number of nitrogens with one attached hydrogen (secondary N) is 1. The molecule has 29 heavy (non-hydrogen) atoms. The van der Waals surface area contributed by atoms with Crippen LogP contribution in [0.2, 0.25) is 0 Å². The summed E-state index contributed by atoms with van der Waals surface area (Å²) in [6, 6.07) is 4.45. The molecule has 0 radical (unpaired) electrons. The van der Waals surface area contributed by atoms with E-state index in [1.54, 1.807) is 11.3 Å². The molecule has 5 nitrogen and oxygen atoms in total. The van der Waals surface area contributed by atoms with E-state index in [1.807, 2.05) is 11.6 Å². The highest BCUT2D eigenvalue weighted by Gasteiger charge is 2.53. The van der Waals surface area contributed by atoms with E-state index in [4.69, 9.17) is 0 Å². The Hall–Kier alpha value is -1.34. The van der Waals surface area contributed by atoms with E-state index in [1.165, 1.54) is 55.2 Å². The molecule has 1 amide bonds. The van der Waals surface area contributed by atoms with E-state index in [2.05, 4.69) is 40.0 Å². The van der Waals surface area contributed by atoms with Crippen LogP contribution < -0.4 is 5.32 Å². The van der Waals surface area contributed by atoms with Gasteiger partial charge in [-0.25, -0.2) is 0 Å². The molecule has 1 atom stereocenters. The Morgan fingerprint density at radius 2 is 1.97 bits per heavy atom. The lowest BCUT2D eigenvalue weighted by atomic mass is 9.48. The number of hydrogen-bond donors (Lipinski definition) is 1. The normalized spacial score (nSPS) is 31.2. The fourth-order valence-corrected chi connectivity index (χ4v) is 7.91. The number of amides is 1. The Morgan fingerprint density at radius 1 is 1.28 bits per heavy atom. The Labute approximate surface area is 181 Å². The second-order valence-electron chi connectivity index (χ2n) is 9.57. The lowest BCUT2D eigenvalue weighted by Crippen LogP contribution is -2.56. The number of thiophene rings is 1. The van der Waals surface area contributed by atoms with Gasteiger partial charge in [0.2, 0.25) is 5.91 Å². The summed E-state index contributed by atoms with van der Waals surface area (Å²) in [7, 11) is 1.99. The molecule has 4 aliphatic rings. The number of nitrogens with zero attached hydrogens (tertiary/aromatic N) is 3. The lowest BCUT2D eigenvalue weighted by Gasteiger charge is -2.59. The van der Waals surface area contributed by atoms with Crippen LogP contribution in [-0.2, 0) is 18.3 Å². The van der Waals surface area contributed by atoms with Crippen molar-refractivity contribution in [1.29, 1.82) is 0 Å². The first kappa shape index (κ1) is 19.6. The molecule has 0 spiro atoms. The van der Waals surface area contributed by atoms with Gasteiger partial charge < -0.3 is 9.88 Å². The Kier molecular flexibility index (Phi) is 5.23. The van der Waals surface area contributed by atoms with E-state index < -0.39 is 0 Å². The summed E-state index contributed by atoms with van der Waals surface area (Å²) in [5, 5.41) is 14.9. The zero-order valence-electron chi connectivity index (χ0n) is 17.3. The van der Waals surface area contributed by atoms with Crippen LogP contribution in [0.25, 0.3) is 0 Å². The van der Waals surface area contributed by atoms with Crippen LogP contribution >= 0.6 is 23.1 Å². The number of thioether (sulfide) groups is 1. The molecular weight excluding hydrogens is 400 g/mol. The van der Waals surface area contributed by atoms with Crippen LogP contribution in [0.3, 0.4) is 0 Å². The summed E-state index contributed by atoms with van der Waals surface area (Å²) < 4.78 is 2.01. The molecule has 1 N–H and O–H groups in total. The first-order valence-corrected chi connectivity index (χ1v) is 12.7. The minimum Gasteiger partial charge on any atom is -0.352 e. The largest absolute Gasteiger partial charge is 0.352 e. The fraction of sp³-hybridized carbons (Fsp3) is 0.682. The quantitative estimate of drug-likeness (QED) is 0.666. The topological polar surface area (TPSA) is 59.8 Å². The van der Waals surface area contributed by atoms with Crippen molar-refractivity contribution in [2.45, 2.75) is 63.1 Å². The van der Waals surface area contributed by atoms with Crippen molar-refractivity contribution in [3.63, 3.8) is 0 Å². The average Bonchev–Trinajstić information content (AvgIpc) is 3.30. The molecule has 0 aromatic carbocycles. The lowest BCUT2D eigenvalue weighted by molar-refractivity contribution is -0.123. The molecule has 6 rings (SSSR count). The van der Waals surface area contributed by atoms with Gasteiger partial charge in [0, 0.05) is 24.4 Å². The van der Waals surface area contributed by atoms with Crippen LogP contribution in [0.5, 0.6) is 0 Å². The van der Waals surface area contributed by atoms with E-state index in [9.17, 15) is 4.79 Å². The monoisotopic (exact) mass is 430 g/mol. The number of aromatic nitrogens is 3. The zero-order valence-corrected chi connectivity index (χ0v) is 18.9. The molecule has 4 bridgehead atoms. The standard InChI is InChI=1S/C22H30N4OS2/c1-14(22-10-15-6-16(11-22)8-17(7-15)12-22)23-20(27)13-29-21-25-24-19(26(21)2)9-18-4-3-5-28-18/h3-5,14-17H,6-13H2,1-2H3,(H,23,27). The summed E-state index contributed by atoms with van der Waals surface area (Å²) in [6.45, 7) is 2.25. The van der Waals surface area contributed by atoms with Crippen LogP contribution in [0, 0.1) is 23.2 Å². The van der Waals surface area contributed by atoms with Gasteiger partial charge in [0.25, 0.3) is 0 Å². The van der Waals surface area contributed by atoms with Gasteiger partial charge in [0.1, 0.15) is 5.82 Å². The van der Waals surface area contributed by atoms with Crippen molar-refractivity contribution in [1.82, 2.24) is 20.1 Å². The molecule has 4 saturated carbocycles. The molecule has 7 heteroatoms. The van der Waals surface area contributed by atoms with Crippen LogP contribution in [-0.4, -0.2) is 32.5 Å². The molecule has 2 heterocycles. The van der Waals surface area contributed by atoms with E-state index in [0.29, 0.717) is 11.2 Å². The van der Waals surface area contributed by atoms with Gasteiger partial charge in [0.15, 0.2) is 5.16 Å². The molecule has 0 aliphatic heterocycles. The molecule has 4 fully saturated rings. The number of rotatable bonds is 7. The van der Waals surface area contributed by atoms with Crippen molar-refractivity contribution in [3.8, 4) is 0 Å². The van der Waals surface area contributed by atoms with Crippen LogP contribution in [0.4, 0.5) is 0 Å². The first-order valence-electron chi connectivity index (χ1n) is 10.8. The van der Waals surface area contributed by atoms with Gasteiger partial charge in [-0.2, -0.15) is 0 Å². The smallest absolute Gasteiger partial charge is 0.230 e. The maximum Gasteiger partial charge on any atom is 0.230 e. The summed E-state index contributed by atoms with van der Waals surface area (Å²) in [5.74, 6) is 4.21. The molecule has 2 aromatic heterocycles. The summed E-state index contributed by atoms with van der Waals surface area (Å²) >= 11 is 3.22. The van der Waals surface area contributed by atoms with Crippen molar-refractivity contribution in [2.24, 2.45) is 30.2 Å². The number of carbonyl (C=O) groups is 1. The summed E-state index contributed by atoms with van der Waals surface area (Å²) in [6.07, 6.45) is 9.08. The molecule has 0 saturated heterocycles. The highest BCUT2D eigenvalue weighted by molar-refractivity contribution is 7.99. The van der Waals surface area contributed by atoms with Gasteiger partial charge in [0.05, 0.1) is 5.75 Å². The summed E-state index contributed by atoms with van der Waals surface area (Å²) in [4.78, 5) is 14.0. The number of hydrogen-bond acceptors (Lipinski definition) is 5. The third kappa shape index (κ3) is 3.88. The van der Waals surface area contributed by atoms with Gasteiger partial charge in [-0.05, 0) is 80.1 Å². The van der Waals surface area contributed by atoms with Crippen LogP contribution in [0.15, 0.2) is 22.7 Å². The molecule has 4 aliphatic carbocycles. The third-order valence-electron chi connectivity index (χ3n) is 7.55. The van der Waals surface area contributed by atoms with E-state index >= 15 is 0 Å². The zero-order chi connectivity index (χ0) is 20.0. The van der Waals surface area contributed by atoms with Crippen molar-refractivity contribution in [2.75, 3.05) is 5.75 Å². The molecule has 2 aromatic rings. The molecular formula is C22H30N4OS2. The Balaban J connectivity index is 1.16. The second kappa shape index (κ2) is 7.73.